The van der Waals surface area contributed by atoms with E-state index in [0.717, 1.165) is 31.0 Å². The normalized spacial score (nSPS) is 22.6. The summed E-state index contributed by atoms with van der Waals surface area (Å²) in [4.78, 5) is 37.6. The molecule has 0 atom stereocenters. The standard InChI is InChI=1S/C26H28F3N3O5/c27-26(28,29)19-3-1-2-17(12-19)23(34)30-13-22(33)31-20-14-32(15-20)21-8-10-25(37,11-9-21)18-6-4-16(5-7-18)24(35)36/h1-7,12,20-21,37H,8-11,13-15H2,(H,30,34)(H,31,33)(H,35,36). The summed E-state index contributed by atoms with van der Waals surface area (Å²) in [6.07, 6.45) is -1.97. The second-order valence-corrected chi connectivity index (χ2v) is 9.62. The van der Waals surface area contributed by atoms with Crippen LogP contribution >= 0.6 is 0 Å². The van der Waals surface area contributed by atoms with Crippen molar-refractivity contribution in [2.24, 2.45) is 0 Å². The molecule has 1 saturated carbocycles. The molecule has 0 unspecified atom stereocenters. The third-order valence-electron chi connectivity index (χ3n) is 7.10. The van der Waals surface area contributed by atoms with Gasteiger partial charge in [-0.15, -0.1) is 0 Å². The van der Waals surface area contributed by atoms with E-state index in [0.29, 0.717) is 31.5 Å². The lowest BCUT2D eigenvalue weighted by atomic mass is 9.76. The van der Waals surface area contributed by atoms with Crippen LogP contribution in [0.5, 0.6) is 0 Å². The molecule has 37 heavy (non-hydrogen) atoms. The minimum atomic E-state index is -4.56. The molecule has 1 aliphatic carbocycles. The van der Waals surface area contributed by atoms with E-state index in [-0.39, 0.29) is 29.8 Å². The molecule has 198 valence electrons. The van der Waals surface area contributed by atoms with Gasteiger partial charge in [-0.1, -0.05) is 18.2 Å². The number of amides is 2. The smallest absolute Gasteiger partial charge is 0.416 e. The van der Waals surface area contributed by atoms with Crippen molar-refractivity contribution in [2.75, 3.05) is 19.6 Å². The van der Waals surface area contributed by atoms with Gasteiger partial charge in [0.2, 0.25) is 5.91 Å². The van der Waals surface area contributed by atoms with E-state index in [1.165, 1.54) is 18.2 Å². The molecule has 11 heteroatoms. The Labute approximate surface area is 211 Å². The molecular weight excluding hydrogens is 491 g/mol. The Morgan fingerprint density at radius 1 is 1.00 bits per heavy atom. The molecule has 1 heterocycles. The summed E-state index contributed by atoms with van der Waals surface area (Å²) in [7, 11) is 0. The minimum Gasteiger partial charge on any atom is -0.478 e. The number of nitrogens with zero attached hydrogens (tertiary/aromatic N) is 1. The molecule has 2 aromatic carbocycles. The van der Waals surface area contributed by atoms with Gasteiger partial charge in [0.25, 0.3) is 5.91 Å². The number of halogens is 3. The number of carboxylic acids is 1. The fourth-order valence-electron chi connectivity index (χ4n) is 4.94. The van der Waals surface area contributed by atoms with Crippen LogP contribution in [-0.2, 0) is 16.6 Å². The average Bonchev–Trinajstić information content (AvgIpc) is 2.85. The van der Waals surface area contributed by atoms with Crippen LogP contribution in [0.4, 0.5) is 13.2 Å². The highest BCUT2D eigenvalue weighted by Crippen LogP contribution is 2.39. The number of likely N-dealkylation sites (tertiary alicyclic amines) is 1. The summed E-state index contributed by atoms with van der Waals surface area (Å²) in [6, 6.07) is 10.5. The van der Waals surface area contributed by atoms with Crippen LogP contribution in [0.25, 0.3) is 0 Å². The molecule has 1 saturated heterocycles. The Morgan fingerprint density at radius 3 is 2.24 bits per heavy atom. The zero-order valence-electron chi connectivity index (χ0n) is 19.9. The zero-order valence-corrected chi connectivity index (χ0v) is 19.9. The van der Waals surface area contributed by atoms with Gasteiger partial charge in [0.1, 0.15) is 0 Å². The SMILES string of the molecule is O=C(CNC(=O)c1cccc(C(F)(F)F)c1)NC1CN(C2CCC(O)(c3ccc(C(=O)O)cc3)CC2)C1. The van der Waals surface area contributed by atoms with Gasteiger partial charge in [0, 0.05) is 24.7 Å². The van der Waals surface area contributed by atoms with Crippen LogP contribution in [0.1, 0.15) is 57.5 Å². The van der Waals surface area contributed by atoms with Gasteiger partial charge in [-0.3, -0.25) is 14.5 Å². The minimum absolute atomic E-state index is 0.0951. The number of carboxylic acid groups (broad SMARTS) is 1. The van der Waals surface area contributed by atoms with Crippen LogP contribution in [0.15, 0.2) is 48.5 Å². The molecule has 0 aromatic heterocycles. The number of nitrogens with one attached hydrogen (secondary N) is 2. The van der Waals surface area contributed by atoms with Crippen molar-refractivity contribution < 1.29 is 37.8 Å². The third kappa shape index (κ3) is 6.28. The van der Waals surface area contributed by atoms with Gasteiger partial charge < -0.3 is 20.8 Å². The molecule has 4 rings (SSSR count). The second-order valence-electron chi connectivity index (χ2n) is 9.62. The Morgan fingerprint density at radius 2 is 1.65 bits per heavy atom. The lowest BCUT2D eigenvalue weighted by molar-refractivity contribution is -0.137. The first-order chi connectivity index (χ1) is 17.4. The van der Waals surface area contributed by atoms with Gasteiger partial charge in [-0.2, -0.15) is 13.2 Å². The van der Waals surface area contributed by atoms with E-state index in [2.05, 4.69) is 15.5 Å². The second kappa shape index (κ2) is 10.5. The van der Waals surface area contributed by atoms with Crippen LogP contribution in [0.2, 0.25) is 0 Å². The van der Waals surface area contributed by atoms with E-state index in [4.69, 9.17) is 5.11 Å². The highest BCUT2D eigenvalue weighted by Gasteiger charge is 2.40. The molecule has 2 amide bonds. The maximum atomic E-state index is 12.8. The predicted octanol–water partition coefficient (Wildman–Crippen LogP) is 2.76. The average molecular weight is 520 g/mol. The summed E-state index contributed by atoms with van der Waals surface area (Å²) in [5.41, 5.74) is -1.23. The summed E-state index contributed by atoms with van der Waals surface area (Å²) < 4.78 is 38.5. The van der Waals surface area contributed by atoms with Crippen molar-refractivity contribution >= 4 is 17.8 Å². The largest absolute Gasteiger partial charge is 0.478 e. The molecule has 0 radical (unpaired) electrons. The van der Waals surface area contributed by atoms with Crippen molar-refractivity contribution in [3.05, 3.63) is 70.8 Å². The number of benzene rings is 2. The van der Waals surface area contributed by atoms with E-state index >= 15 is 0 Å². The molecule has 0 spiro atoms. The van der Waals surface area contributed by atoms with Crippen LogP contribution < -0.4 is 10.6 Å². The van der Waals surface area contributed by atoms with Gasteiger partial charge in [0.15, 0.2) is 0 Å². The lowest BCUT2D eigenvalue weighted by Gasteiger charge is -2.48. The van der Waals surface area contributed by atoms with E-state index in [9.17, 15) is 32.7 Å². The summed E-state index contributed by atoms with van der Waals surface area (Å²) in [6.45, 7) is 0.913. The van der Waals surface area contributed by atoms with Gasteiger partial charge in [-0.25, -0.2) is 4.79 Å². The molecule has 2 aliphatic rings. The van der Waals surface area contributed by atoms with E-state index in [1.54, 1.807) is 12.1 Å². The Balaban J connectivity index is 1.18. The predicted molar refractivity (Wildman–Crippen MR) is 127 cm³/mol. The number of aliphatic hydroxyl groups is 1. The van der Waals surface area contributed by atoms with Gasteiger partial charge in [0.05, 0.1) is 29.3 Å². The number of hydrogen-bond donors (Lipinski definition) is 4. The lowest BCUT2D eigenvalue weighted by Crippen LogP contribution is -2.63. The van der Waals surface area contributed by atoms with E-state index < -0.39 is 35.1 Å². The molecular formula is C26H28F3N3O5. The number of hydrogen-bond acceptors (Lipinski definition) is 5. The first-order valence-corrected chi connectivity index (χ1v) is 12.0. The van der Waals surface area contributed by atoms with Crippen molar-refractivity contribution in [1.82, 2.24) is 15.5 Å². The van der Waals surface area contributed by atoms with Crippen LogP contribution in [-0.4, -0.2) is 64.6 Å². The fourth-order valence-corrected chi connectivity index (χ4v) is 4.94. The number of alkyl halides is 3. The quantitative estimate of drug-likeness (QED) is 0.447. The maximum Gasteiger partial charge on any atom is 0.416 e. The number of carbonyl (C=O) groups is 3. The van der Waals surface area contributed by atoms with Crippen molar-refractivity contribution in [3.8, 4) is 0 Å². The molecule has 2 aromatic rings. The molecule has 1 aliphatic heterocycles. The van der Waals surface area contributed by atoms with Crippen molar-refractivity contribution in [2.45, 2.75) is 49.5 Å². The number of aromatic carboxylic acids is 1. The third-order valence-corrected chi connectivity index (χ3v) is 7.10. The highest BCUT2D eigenvalue weighted by atomic mass is 19.4. The Bertz CT molecular complexity index is 1150. The van der Waals surface area contributed by atoms with Crippen LogP contribution in [0.3, 0.4) is 0 Å². The fraction of sp³-hybridized carbons (Fsp3) is 0.423. The van der Waals surface area contributed by atoms with Gasteiger partial charge in [-0.05, 0) is 61.6 Å². The first kappa shape index (κ1) is 26.6. The molecule has 2 fully saturated rings. The first-order valence-electron chi connectivity index (χ1n) is 12.0. The van der Waals surface area contributed by atoms with Crippen LogP contribution in [0, 0.1) is 0 Å². The van der Waals surface area contributed by atoms with Crippen molar-refractivity contribution in [1.29, 1.82) is 0 Å². The topological polar surface area (TPSA) is 119 Å². The molecule has 8 nitrogen and oxygen atoms in total. The number of carbonyl (C=O) groups excluding carboxylic acids is 2. The zero-order chi connectivity index (χ0) is 26.8. The maximum absolute atomic E-state index is 12.8. The Kier molecular flexibility index (Phi) is 7.56. The van der Waals surface area contributed by atoms with Crippen molar-refractivity contribution in [3.63, 3.8) is 0 Å². The van der Waals surface area contributed by atoms with Gasteiger partial charge >= 0.3 is 12.1 Å². The monoisotopic (exact) mass is 519 g/mol. The summed E-state index contributed by atoms with van der Waals surface area (Å²) in [5.74, 6) is -2.20. The molecule has 4 N–H and O–H groups in total. The Hall–Kier alpha value is -3.44. The summed E-state index contributed by atoms with van der Waals surface area (Å²) in [5, 5.41) is 25.3. The summed E-state index contributed by atoms with van der Waals surface area (Å²) >= 11 is 0. The number of rotatable bonds is 7. The highest BCUT2D eigenvalue weighted by molar-refractivity contribution is 5.96. The molecule has 0 bridgehead atoms. The van der Waals surface area contributed by atoms with E-state index in [1.807, 2.05) is 0 Å².